The molecule has 0 aliphatic carbocycles. The van der Waals surface area contributed by atoms with Gasteiger partial charge < -0.3 is 19.9 Å². The van der Waals surface area contributed by atoms with Gasteiger partial charge in [-0.05, 0) is 25.0 Å². The zero-order valence-corrected chi connectivity index (χ0v) is 13.1. The molecular formula is C14H20BrNO4. The van der Waals surface area contributed by atoms with Crippen molar-refractivity contribution in [1.29, 1.82) is 0 Å². The number of methoxy groups -OCH3 is 1. The third-order valence-corrected chi connectivity index (χ3v) is 3.14. The van der Waals surface area contributed by atoms with Crippen LogP contribution >= 0.6 is 15.9 Å². The fraction of sp³-hybridized carbons (Fsp3) is 0.500. The molecule has 1 aromatic carbocycles. The van der Waals surface area contributed by atoms with Crippen molar-refractivity contribution < 1.29 is 19.4 Å². The van der Waals surface area contributed by atoms with E-state index in [0.717, 1.165) is 18.2 Å². The lowest BCUT2D eigenvalue weighted by Crippen LogP contribution is -2.11. The molecule has 0 atom stereocenters. The first-order chi connectivity index (χ1) is 9.71. The van der Waals surface area contributed by atoms with Gasteiger partial charge in [0.25, 0.3) is 0 Å². The normalized spacial score (nSPS) is 10.2. The highest BCUT2D eigenvalue weighted by Crippen LogP contribution is 2.30. The van der Waals surface area contributed by atoms with Gasteiger partial charge in [0.2, 0.25) is 5.91 Å². The SMILES string of the molecule is COc1ccc(NC(=O)CCCCBr)cc1OCCO. The fourth-order valence-electron chi connectivity index (χ4n) is 1.63. The molecule has 0 radical (unpaired) electrons. The first-order valence-corrected chi connectivity index (χ1v) is 7.61. The highest BCUT2D eigenvalue weighted by molar-refractivity contribution is 9.09. The summed E-state index contributed by atoms with van der Waals surface area (Å²) >= 11 is 3.33. The number of nitrogens with one attached hydrogen (secondary N) is 1. The van der Waals surface area contributed by atoms with Crippen molar-refractivity contribution in [2.45, 2.75) is 19.3 Å². The molecule has 2 N–H and O–H groups in total. The summed E-state index contributed by atoms with van der Waals surface area (Å²) in [5.74, 6) is 1.04. The summed E-state index contributed by atoms with van der Waals surface area (Å²) in [5, 5.41) is 12.5. The van der Waals surface area contributed by atoms with E-state index in [9.17, 15) is 4.79 Å². The number of hydrogen-bond donors (Lipinski definition) is 2. The molecular weight excluding hydrogens is 326 g/mol. The lowest BCUT2D eigenvalue weighted by atomic mass is 10.2. The van der Waals surface area contributed by atoms with Crippen LogP contribution in [0.1, 0.15) is 19.3 Å². The molecule has 20 heavy (non-hydrogen) atoms. The van der Waals surface area contributed by atoms with Gasteiger partial charge in [-0.15, -0.1) is 0 Å². The molecule has 1 rings (SSSR count). The van der Waals surface area contributed by atoms with Crippen LogP contribution in [0.3, 0.4) is 0 Å². The van der Waals surface area contributed by atoms with Crippen LogP contribution in [0.2, 0.25) is 0 Å². The number of rotatable bonds is 9. The van der Waals surface area contributed by atoms with Crippen LogP contribution in [0, 0.1) is 0 Å². The van der Waals surface area contributed by atoms with Gasteiger partial charge in [-0.2, -0.15) is 0 Å². The molecule has 1 aromatic rings. The fourth-order valence-corrected chi connectivity index (χ4v) is 2.02. The molecule has 0 fully saturated rings. The molecule has 0 unspecified atom stereocenters. The van der Waals surface area contributed by atoms with Crippen LogP contribution < -0.4 is 14.8 Å². The Morgan fingerprint density at radius 2 is 2.15 bits per heavy atom. The van der Waals surface area contributed by atoms with Gasteiger partial charge in [0.05, 0.1) is 13.7 Å². The van der Waals surface area contributed by atoms with Gasteiger partial charge in [-0.1, -0.05) is 15.9 Å². The number of unbranched alkanes of at least 4 members (excludes halogenated alkanes) is 1. The molecule has 0 aromatic heterocycles. The van der Waals surface area contributed by atoms with Crippen molar-refractivity contribution >= 4 is 27.5 Å². The van der Waals surface area contributed by atoms with Crippen molar-refractivity contribution in [3.8, 4) is 11.5 Å². The van der Waals surface area contributed by atoms with Crippen LogP contribution in [-0.2, 0) is 4.79 Å². The predicted molar refractivity (Wildman–Crippen MR) is 81.8 cm³/mol. The van der Waals surface area contributed by atoms with Crippen LogP contribution in [-0.4, -0.2) is 36.7 Å². The summed E-state index contributed by atoms with van der Waals surface area (Å²) in [6.07, 6.45) is 2.31. The first-order valence-electron chi connectivity index (χ1n) is 6.48. The number of carbonyl (C=O) groups is 1. The number of benzene rings is 1. The summed E-state index contributed by atoms with van der Waals surface area (Å²) in [5.41, 5.74) is 0.655. The number of hydrogen-bond acceptors (Lipinski definition) is 4. The van der Waals surface area contributed by atoms with Crippen LogP contribution in [0.5, 0.6) is 11.5 Å². The number of halogens is 1. The second-order valence-corrected chi connectivity index (χ2v) is 4.92. The van der Waals surface area contributed by atoms with Crippen LogP contribution in [0.15, 0.2) is 18.2 Å². The first kappa shape index (κ1) is 16.8. The highest BCUT2D eigenvalue weighted by Gasteiger charge is 2.08. The van der Waals surface area contributed by atoms with Gasteiger partial charge >= 0.3 is 0 Å². The van der Waals surface area contributed by atoms with Crippen LogP contribution in [0.25, 0.3) is 0 Å². The standard InChI is InChI=1S/C14H20BrNO4/c1-19-12-6-5-11(10-13(12)20-9-8-17)16-14(18)4-2-3-7-15/h5-6,10,17H,2-4,7-9H2,1H3,(H,16,18). The van der Waals surface area contributed by atoms with E-state index in [4.69, 9.17) is 14.6 Å². The number of anilines is 1. The molecule has 0 aliphatic rings. The third kappa shape index (κ3) is 5.79. The summed E-state index contributed by atoms with van der Waals surface area (Å²) in [6, 6.07) is 5.17. The number of ether oxygens (including phenoxy) is 2. The summed E-state index contributed by atoms with van der Waals surface area (Å²) in [7, 11) is 1.54. The highest BCUT2D eigenvalue weighted by atomic mass is 79.9. The van der Waals surface area contributed by atoms with Crippen molar-refractivity contribution in [2.24, 2.45) is 0 Å². The number of aliphatic hydroxyl groups is 1. The largest absolute Gasteiger partial charge is 0.493 e. The minimum Gasteiger partial charge on any atom is -0.493 e. The van der Waals surface area contributed by atoms with Gasteiger partial charge in [0, 0.05) is 23.5 Å². The van der Waals surface area contributed by atoms with Crippen molar-refractivity contribution in [2.75, 3.05) is 31.0 Å². The molecule has 6 heteroatoms. The van der Waals surface area contributed by atoms with Gasteiger partial charge in [-0.25, -0.2) is 0 Å². The number of aliphatic hydroxyl groups excluding tert-OH is 1. The Hall–Kier alpha value is -1.27. The third-order valence-electron chi connectivity index (χ3n) is 2.58. The summed E-state index contributed by atoms with van der Waals surface area (Å²) in [4.78, 5) is 11.7. The van der Waals surface area contributed by atoms with E-state index in [1.807, 2.05) is 0 Å². The maximum absolute atomic E-state index is 11.7. The molecule has 1 amide bonds. The second kappa shape index (κ2) is 9.61. The van der Waals surface area contributed by atoms with E-state index in [2.05, 4.69) is 21.2 Å². The zero-order chi connectivity index (χ0) is 14.8. The second-order valence-electron chi connectivity index (χ2n) is 4.13. The molecule has 0 saturated carbocycles. The van der Waals surface area contributed by atoms with Crippen molar-refractivity contribution in [1.82, 2.24) is 0 Å². The molecule has 0 bridgehead atoms. The Balaban J connectivity index is 2.63. The lowest BCUT2D eigenvalue weighted by Gasteiger charge is -2.12. The topological polar surface area (TPSA) is 67.8 Å². The number of amides is 1. The predicted octanol–water partition coefficient (Wildman–Crippen LogP) is 2.57. The van der Waals surface area contributed by atoms with Gasteiger partial charge in [0.1, 0.15) is 6.61 Å². The molecule has 0 aliphatic heterocycles. The molecule has 0 saturated heterocycles. The average Bonchev–Trinajstić information content (AvgIpc) is 2.45. The van der Waals surface area contributed by atoms with E-state index in [0.29, 0.717) is 23.6 Å². The Morgan fingerprint density at radius 3 is 2.80 bits per heavy atom. The smallest absolute Gasteiger partial charge is 0.224 e. The number of carbonyl (C=O) groups excluding carboxylic acids is 1. The van der Waals surface area contributed by atoms with E-state index in [-0.39, 0.29) is 19.1 Å². The Kier molecular flexibility index (Phi) is 8.06. The Morgan fingerprint density at radius 1 is 1.35 bits per heavy atom. The molecule has 5 nitrogen and oxygen atoms in total. The maximum atomic E-state index is 11.7. The average molecular weight is 346 g/mol. The number of alkyl halides is 1. The maximum Gasteiger partial charge on any atom is 0.224 e. The van der Waals surface area contributed by atoms with Gasteiger partial charge in [-0.3, -0.25) is 4.79 Å². The summed E-state index contributed by atoms with van der Waals surface area (Å²) in [6.45, 7) is 0.102. The van der Waals surface area contributed by atoms with Crippen molar-refractivity contribution in [3.05, 3.63) is 18.2 Å². The summed E-state index contributed by atoms with van der Waals surface area (Å²) < 4.78 is 10.5. The van der Waals surface area contributed by atoms with E-state index >= 15 is 0 Å². The lowest BCUT2D eigenvalue weighted by molar-refractivity contribution is -0.116. The minimum absolute atomic E-state index is 0.0239. The Bertz CT molecular complexity index is 426. The van der Waals surface area contributed by atoms with Crippen molar-refractivity contribution in [3.63, 3.8) is 0 Å². The quantitative estimate of drug-likeness (QED) is 0.533. The van der Waals surface area contributed by atoms with E-state index in [1.165, 1.54) is 0 Å². The molecule has 0 spiro atoms. The Labute approximate surface area is 127 Å². The molecule has 0 heterocycles. The van der Waals surface area contributed by atoms with Gasteiger partial charge in [0.15, 0.2) is 11.5 Å². The zero-order valence-electron chi connectivity index (χ0n) is 11.5. The molecule has 112 valence electrons. The minimum atomic E-state index is -0.0771. The monoisotopic (exact) mass is 345 g/mol. The van der Waals surface area contributed by atoms with Crippen LogP contribution in [0.4, 0.5) is 5.69 Å². The van der Waals surface area contributed by atoms with E-state index in [1.54, 1.807) is 25.3 Å². The van der Waals surface area contributed by atoms with E-state index < -0.39 is 0 Å².